The topological polar surface area (TPSA) is 105 Å². The average molecular weight is 590 g/mol. The molecule has 43 heavy (non-hydrogen) atoms. The number of nitrogens with one attached hydrogen (secondary N) is 1. The molecule has 0 bridgehead atoms. The summed E-state index contributed by atoms with van der Waals surface area (Å²) in [5.74, 6) is 0.782. The highest BCUT2D eigenvalue weighted by atomic mass is 19.1. The summed E-state index contributed by atoms with van der Waals surface area (Å²) in [6, 6.07) is 18.0. The maximum Gasteiger partial charge on any atom is 0.276 e. The molecule has 0 radical (unpaired) electrons. The molecule has 1 aromatic heterocycles. The van der Waals surface area contributed by atoms with Gasteiger partial charge >= 0.3 is 0 Å². The van der Waals surface area contributed by atoms with Crippen LogP contribution < -0.4 is 11.1 Å². The van der Waals surface area contributed by atoms with Crippen LogP contribution in [0.25, 0.3) is 0 Å². The van der Waals surface area contributed by atoms with Crippen LogP contribution in [0, 0.1) is 24.6 Å². The molecule has 2 amide bonds. The van der Waals surface area contributed by atoms with E-state index in [0.29, 0.717) is 56.6 Å². The number of carbonyl (C=O) groups is 2. The van der Waals surface area contributed by atoms with Crippen LogP contribution in [0.5, 0.6) is 0 Å². The van der Waals surface area contributed by atoms with E-state index in [2.05, 4.69) is 27.5 Å². The number of nitrogens with two attached hydrogens (primary N) is 1. The number of nitrogens with zero attached hydrogens (tertiary/aromatic N) is 3. The van der Waals surface area contributed by atoms with Crippen LogP contribution in [0.15, 0.2) is 65.2 Å². The highest BCUT2D eigenvalue weighted by molar-refractivity contribution is 5.96. The quantitative estimate of drug-likeness (QED) is 0.335. The van der Waals surface area contributed by atoms with Gasteiger partial charge in [0.15, 0.2) is 5.69 Å². The van der Waals surface area contributed by atoms with Crippen LogP contribution in [0.4, 0.5) is 4.39 Å². The zero-order valence-electron chi connectivity index (χ0n) is 25.1. The molecule has 1 aliphatic heterocycles. The summed E-state index contributed by atoms with van der Waals surface area (Å²) in [6.45, 7) is 4.86. The Kier molecular flexibility index (Phi) is 10.6. The zero-order chi connectivity index (χ0) is 30.2. The standard InChI is InChI=1S/C34H44FN5O3/c1-24-18-31(38-43-24)34(42)40-17-15-30(20-32(40)33(41)37-22-28-9-5-8-27(19-28)21-36)39(16-14-25-6-3-2-4-7-25)23-26-10-12-29(35)13-11-26/h2-4,6-7,10-13,18,27-28,30,32H,5,8-9,14-17,19-23,36H2,1H3,(H,37,41)/t27?,28?,30?,32-/m1/s1. The molecule has 2 aliphatic rings. The van der Waals surface area contributed by atoms with Gasteiger partial charge in [-0.2, -0.15) is 0 Å². The van der Waals surface area contributed by atoms with E-state index in [1.165, 1.54) is 17.7 Å². The fourth-order valence-electron chi connectivity index (χ4n) is 6.68. The van der Waals surface area contributed by atoms with Gasteiger partial charge in [0.25, 0.3) is 5.91 Å². The van der Waals surface area contributed by atoms with Gasteiger partial charge in [-0.1, -0.05) is 54.0 Å². The Hall–Kier alpha value is -3.56. The first-order valence-corrected chi connectivity index (χ1v) is 15.6. The maximum absolute atomic E-state index is 13.9. The lowest BCUT2D eigenvalue weighted by molar-refractivity contribution is -0.128. The molecule has 1 aliphatic carbocycles. The van der Waals surface area contributed by atoms with Gasteiger partial charge in [0.1, 0.15) is 17.6 Å². The van der Waals surface area contributed by atoms with Crippen molar-refractivity contribution in [1.82, 2.24) is 20.3 Å². The lowest BCUT2D eigenvalue weighted by Gasteiger charge is -2.43. The lowest BCUT2D eigenvalue weighted by atomic mass is 9.81. The van der Waals surface area contributed by atoms with E-state index < -0.39 is 6.04 Å². The van der Waals surface area contributed by atoms with E-state index in [4.69, 9.17) is 10.3 Å². The fraction of sp³-hybridized carbons (Fsp3) is 0.500. The number of carbonyl (C=O) groups excluding carboxylic acids is 2. The van der Waals surface area contributed by atoms with E-state index >= 15 is 0 Å². The van der Waals surface area contributed by atoms with E-state index in [1.807, 2.05) is 30.3 Å². The third-order valence-electron chi connectivity index (χ3n) is 9.12. The molecule has 2 fully saturated rings. The number of aryl methyl sites for hydroxylation is 1. The number of halogens is 1. The van der Waals surface area contributed by atoms with Gasteiger partial charge in [0, 0.05) is 38.3 Å². The second-order valence-corrected chi connectivity index (χ2v) is 12.2. The summed E-state index contributed by atoms with van der Waals surface area (Å²) in [5, 5.41) is 7.15. The number of hydrogen-bond donors (Lipinski definition) is 2. The van der Waals surface area contributed by atoms with Crippen molar-refractivity contribution in [2.75, 3.05) is 26.2 Å². The second-order valence-electron chi connectivity index (χ2n) is 12.2. The van der Waals surface area contributed by atoms with Crippen molar-refractivity contribution in [3.8, 4) is 0 Å². The van der Waals surface area contributed by atoms with E-state index in [1.54, 1.807) is 17.9 Å². The minimum atomic E-state index is -0.635. The van der Waals surface area contributed by atoms with Gasteiger partial charge < -0.3 is 20.5 Å². The first kappa shape index (κ1) is 30.9. The molecule has 1 saturated carbocycles. The molecule has 3 unspecified atom stereocenters. The molecule has 1 saturated heterocycles. The molecular weight excluding hydrogens is 545 g/mol. The molecule has 0 spiro atoms. The summed E-state index contributed by atoms with van der Waals surface area (Å²) in [5.41, 5.74) is 8.41. The van der Waals surface area contributed by atoms with Crippen LogP contribution in [0.3, 0.4) is 0 Å². The van der Waals surface area contributed by atoms with E-state index in [0.717, 1.165) is 44.2 Å². The Morgan fingerprint density at radius 1 is 1.05 bits per heavy atom. The number of amides is 2. The summed E-state index contributed by atoms with van der Waals surface area (Å²) < 4.78 is 18.9. The van der Waals surface area contributed by atoms with E-state index in [-0.39, 0.29) is 29.4 Å². The average Bonchev–Trinajstić information content (AvgIpc) is 3.49. The number of aromatic nitrogens is 1. The third-order valence-corrected chi connectivity index (χ3v) is 9.12. The lowest BCUT2D eigenvalue weighted by Crippen LogP contribution is -2.58. The number of rotatable bonds is 11. The highest BCUT2D eigenvalue weighted by Crippen LogP contribution is 2.29. The number of likely N-dealkylation sites (tertiary alicyclic amines) is 1. The number of piperidine rings is 1. The Balaban J connectivity index is 1.34. The predicted molar refractivity (Wildman–Crippen MR) is 164 cm³/mol. The summed E-state index contributed by atoms with van der Waals surface area (Å²) in [4.78, 5) is 31.5. The molecule has 8 nitrogen and oxygen atoms in total. The Labute approximate surface area is 253 Å². The number of benzene rings is 2. The normalized spacial score (nSPS) is 22.5. The van der Waals surface area contributed by atoms with Gasteiger partial charge in [-0.3, -0.25) is 14.5 Å². The van der Waals surface area contributed by atoms with Crippen molar-refractivity contribution < 1.29 is 18.5 Å². The van der Waals surface area contributed by atoms with Gasteiger partial charge in [-0.15, -0.1) is 0 Å². The zero-order valence-corrected chi connectivity index (χ0v) is 25.1. The molecule has 9 heteroatoms. The van der Waals surface area contributed by atoms with Crippen molar-refractivity contribution in [2.45, 2.75) is 70.5 Å². The van der Waals surface area contributed by atoms with Gasteiger partial charge in [0.2, 0.25) is 5.91 Å². The van der Waals surface area contributed by atoms with Crippen LogP contribution >= 0.6 is 0 Å². The summed E-state index contributed by atoms with van der Waals surface area (Å²) in [6.07, 6.45) is 6.44. The van der Waals surface area contributed by atoms with Gasteiger partial charge in [-0.25, -0.2) is 4.39 Å². The molecule has 3 aromatic rings. The Bertz CT molecular complexity index is 1330. The SMILES string of the molecule is Cc1cc(C(=O)N2CCC(N(CCc3ccccc3)Cc3ccc(F)cc3)C[C@@H]2C(=O)NCC2CCCC(CN)C2)no1. The first-order chi connectivity index (χ1) is 20.9. The summed E-state index contributed by atoms with van der Waals surface area (Å²) in [7, 11) is 0. The molecule has 5 rings (SSSR count). The minimum Gasteiger partial charge on any atom is -0.361 e. The first-order valence-electron chi connectivity index (χ1n) is 15.6. The van der Waals surface area contributed by atoms with Crippen LogP contribution in [0.2, 0.25) is 0 Å². The molecule has 4 atom stereocenters. The van der Waals surface area contributed by atoms with Crippen molar-refractivity contribution in [3.63, 3.8) is 0 Å². The van der Waals surface area contributed by atoms with Crippen molar-refractivity contribution in [3.05, 3.63) is 89.1 Å². The van der Waals surface area contributed by atoms with Crippen LogP contribution in [-0.4, -0.2) is 65.0 Å². The monoisotopic (exact) mass is 589 g/mol. The van der Waals surface area contributed by atoms with Crippen LogP contribution in [-0.2, 0) is 17.8 Å². The summed E-state index contributed by atoms with van der Waals surface area (Å²) >= 11 is 0. The molecule has 2 heterocycles. The van der Waals surface area contributed by atoms with E-state index in [9.17, 15) is 14.0 Å². The third kappa shape index (κ3) is 8.30. The number of hydrogen-bond acceptors (Lipinski definition) is 6. The van der Waals surface area contributed by atoms with Crippen molar-refractivity contribution in [2.24, 2.45) is 17.6 Å². The predicted octanol–water partition coefficient (Wildman–Crippen LogP) is 4.72. The van der Waals surface area contributed by atoms with Gasteiger partial charge in [0.05, 0.1) is 0 Å². The molecule has 230 valence electrons. The second kappa shape index (κ2) is 14.8. The molecule has 3 N–H and O–H groups in total. The smallest absolute Gasteiger partial charge is 0.276 e. The maximum atomic E-state index is 13.9. The molecule has 2 aromatic carbocycles. The fourth-order valence-corrected chi connectivity index (χ4v) is 6.68. The molecular formula is C34H44FN5O3. The van der Waals surface area contributed by atoms with Crippen LogP contribution in [0.1, 0.15) is 65.9 Å². The highest BCUT2D eigenvalue weighted by Gasteiger charge is 2.39. The largest absolute Gasteiger partial charge is 0.361 e. The Morgan fingerprint density at radius 2 is 1.81 bits per heavy atom. The van der Waals surface area contributed by atoms with Crippen molar-refractivity contribution >= 4 is 11.8 Å². The van der Waals surface area contributed by atoms with Crippen molar-refractivity contribution in [1.29, 1.82) is 0 Å². The minimum absolute atomic E-state index is 0.0592. The van der Waals surface area contributed by atoms with Gasteiger partial charge in [-0.05, 0) is 87.1 Å². The Morgan fingerprint density at radius 3 is 2.53 bits per heavy atom.